The fourth-order valence-corrected chi connectivity index (χ4v) is 1.48. The molecule has 0 amide bonds. The first-order chi connectivity index (χ1) is 6.93. The van der Waals surface area contributed by atoms with Crippen LogP contribution in [0.25, 0.3) is 0 Å². The number of hydrogen-bond donors (Lipinski definition) is 1. The van der Waals surface area contributed by atoms with Crippen molar-refractivity contribution in [2.24, 2.45) is 0 Å². The lowest BCUT2D eigenvalue weighted by Gasteiger charge is -2.03. The van der Waals surface area contributed by atoms with Crippen molar-refractivity contribution in [3.05, 3.63) is 33.8 Å². The lowest BCUT2D eigenvalue weighted by Crippen LogP contribution is -2.16. The number of halogens is 1. The second kappa shape index (κ2) is 4.35. The van der Waals surface area contributed by atoms with Crippen LogP contribution in [0.5, 0.6) is 0 Å². The number of aliphatic carboxylic acids is 1. The fourth-order valence-electron chi connectivity index (χ4n) is 1.12. The molecule has 78 valence electrons. The zero-order valence-electron chi connectivity index (χ0n) is 7.78. The van der Waals surface area contributed by atoms with Gasteiger partial charge >= 0.3 is 5.97 Å². The Hall–Kier alpha value is -1.49. The maximum Gasteiger partial charge on any atom is 0.377 e. The van der Waals surface area contributed by atoms with Gasteiger partial charge in [-0.05, 0) is 25.1 Å². The fraction of sp³-hybridized carbons (Fsp3) is 0.100. The zero-order valence-corrected chi connectivity index (χ0v) is 9.37. The summed E-state index contributed by atoms with van der Waals surface area (Å²) >= 11 is 3.14. The van der Waals surface area contributed by atoms with Crippen molar-refractivity contribution in [1.82, 2.24) is 0 Å². The van der Waals surface area contributed by atoms with E-state index in [2.05, 4.69) is 15.9 Å². The third-order valence-electron chi connectivity index (χ3n) is 1.80. The van der Waals surface area contributed by atoms with Gasteiger partial charge in [-0.15, -0.1) is 0 Å². The van der Waals surface area contributed by atoms with Gasteiger partial charge in [-0.1, -0.05) is 15.9 Å². The Morgan fingerprint density at radius 1 is 1.20 bits per heavy atom. The van der Waals surface area contributed by atoms with Crippen molar-refractivity contribution in [3.8, 4) is 0 Å². The highest BCUT2D eigenvalue weighted by atomic mass is 79.9. The summed E-state index contributed by atoms with van der Waals surface area (Å²) in [5.41, 5.74) is 0.0231. The molecular formula is C10H7BrO4. The van der Waals surface area contributed by atoms with Crippen LogP contribution >= 0.6 is 15.9 Å². The number of carbonyl (C=O) groups excluding carboxylic acids is 2. The van der Waals surface area contributed by atoms with Crippen LogP contribution in [0.3, 0.4) is 0 Å². The van der Waals surface area contributed by atoms with Crippen molar-refractivity contribution in [3.63, 3.8) is 0 Å². The molecule has 0 aliphatic rings. The van der Waals surface area contributed by atoms with Crippen molar-refractivity contribution < 1.29 is 19.5 Å². The summed E-state index contributed by atoms with van der Waals surface area (Å²) in [5, 5.41) is 8.54. The number of carboxylic acid groups (broad SMARTS) is 1. The average molecular weight is 271 g/mol. The number of hydrogen-bond acceptors (Lipinski definition) is 3. The first-order valence-corrected chi connectivity index (χ1v) is 4.81. The lowest BCUT2D eigenvalue weighted by molar-refractivity contribution is -0.131. The highest BCUT2D eigenvalue weighted by Gasteiger charge is 2.20. The summed E-state index contributed by atoms with van der Waals surface area (Å²) in [5.74, 6) is -2.99. The molecule has 0 heterocycles. The first-order valence-electron chi connectivity index (χ1n) is 4.01. The predicted molar refractivity (Wildman–Crippen MR) is 56.1 cm³/mol. The maximum atomic E-state index is 11.2. The van der Waals surface area contributed by atoms with E-state index in [4.69, 9.17) is 5.11 Å². The molecule has 1 aromatic carbocycles. The van der Waals surface area contributed by atoms with Gasteiger partial charge < -0.3 is 5.11 Å². The minimum absolute atomic E-state index is 0.0850. The van der Waals surface area contributed by atoms with E-state index in [9.17, 15) is 14.4 Å². The molecule has 0 fully saturated rings. The van der Waals surface area contributed by atoms with Gasteiger partial charge in [0.25, 0.3) is 5.78 Å². The summed E-state index contributed by atoms with van der Waals surface area (Å²) < 4.78 is 0.620. The molecule has 1 N–H and O–H groups in total. The Bertz CT molecular complexity index is 451. The summed E-state index contributed by atoms with van der Waals surface area (Å²) in [6, 6.07) is 4.26. The third-order valence-corrected chi connectivity index (χ3v) is 2.29. The van der Waals surface area contributed by atoms with Crippen LogP contribution in [0.2, 0.25) is 0 Å². The van der Waals surface area contributed by atoms with Gasteiger partial charge in [0.2, 0.25) is 0 Å². The largest absolute Gasteiger partial charge is 0.475 e. The lowest BCUT2D eigenvalue weighted by atomic mass is 10.0. The molecule has 1 aromatic rings. The molecule has 0 saturated carbocycles. The molecule has 0 aromatic heterocycles. The van der Waals surface area contributed by atoms with E-state index < -0.39 is 11.8 Å². The molecule has 0 aliphatic heterocycles. The molecule has 0 spiro atoms. The van der Waals surface area contributed by atoms with Crippen LogP contribution in [0.15, 0.2) is 22.7 Å². The van der Waals surface area contributed by atoms with Gasteiger partial charge in [0.1, 0.15) is 0 Å². The van der Waals surface area contributed by atoms with Gasteiger partial charge in [-0.3, -0.25) is 9.59 Å². The van der Waals surface area contributed by atoms with E-state index in [0.29, 0.717) is 4.47 Å². The van der Waals surface area contributed by atoms with Crippen LogP contribution in [0.4, 0.5) is 0 Å². The van der Waals surface area contributed by atoms with Crippen LogP contribution in [-0.4, -0.2) is 22.6 Å². The van der Waals surface area contributed by atoms with Crippen LogP contribution < -0.4 is 0 Å². The molecular weight excluding hydrogens is 264 g/mol. The molecule has 0 atom stereocenters. The standard InChI is InChI=1S/C10H7BrO4/c1-5(12)8-4-6(11)2-3-7(8)9(13)10(14)15/h2-4H,1H3,(H,14,15). The van der Waals surface area contributed by atoms with Crippen molar-refractivity contribution in [1.29, 1.82) is 0 Å². The quantitative estimate of drug-likeness (QED) is 0.673. The van der Waals surface area contributed by atoms with Crippen LogP contribution in [0.1, 0.15) is 27.6 Å². The normalized spacial score (nSPS) is 9.73. The third kappa shape index (κ3) is 2.50. The van der Waals surface area contributed by atoms with Gasteiger partial charge in [-0.2, -0.15) is 0 Å². The number of rotatable bonds is 3. The van der Waals surface area contributed by atoms with Gasteiger partial charge in [0, 0.05) is 15.6 Å². The predicted octanol–water partition coefficient (Wildman–Crippen LogP) is 1.92. The summed E-state index contributed by atoms with van der Waals surface area (Å²) in [4.78, 5) is 32.9. The molecule has 4 nitrogen and oxygen atoms in total. The average Bonchev–Trinajstić information content (AvgIpc) is 2.16. The molecule has 0 aliphatic carbocycles. The van der Waals surface area contributed by atoms with E-state index in [1.807, 2.05) is 0 Å². The van der Waals surface area contributed by atoms with E-state index in [0.717, 1.165) is 0 Å². The molecule has 5 heteroatoms. The minimum Gasteiger partial charge on any atom is -0.475 e. The highest BCUT2D eigenvalue weighted by molar-refractivity contribution is 9.10. The van der Waals surface area contributed by atoms with E-state index in [-0.39, 0.29) is 16.9 Å². The van der Waals surface area contributed by atoms with Crippen molar-refractivity contribution >= 4 is 33.5 Å². The maximum absolute atomic E-state index is 11.2. The van der Waals surface area contributed by atoms with Crippen LogP contribution in [0, 0.1) is 0 Å². The Labute approximate surface area is 94.0 Å². The van der Waals surface area contributed by atoms with Gasteiger partial charge in [0.05, 0.1) is 0 Å². The summed E-state index contributed by atoms with van der Waals surface area (Å²) in [6.07, 6.45) is 0. The van der Waals surface area contributed by atoms with E-state index in [1.54, 1.807) is 0 Å². The number of benzene rings is 1. The first kappa shape index (κ1) is 11.6. The van der Waals surface area contributed by atoms with E-state index in [1.165, 1.54) is 25.1 Å². The van der Waals surface area contributed by atoms with Gasteiger partial charge in [-0.25, -0.2) is 4.79 Å². The van der Waals surface area contributed by atoms with Gasteiger partial charge in [0.15, 0.2) is 5.78 Å². The second-order valence-corrected chi connectivity index (χ2v) is 3.80. The Balaban J connectivity index is 3.35. The minimum atomic E-state index is -1.57. The van der Waals surface area contributed by atoms with Crippen LogP contribution in [-0.2, 0) is 4.79 Å². The number of carbonyl (C=O) groups is 3. The molecule has 15 heavy (non-hydrogen) atoms. The Morgan fingerprint density at radius 3 is 2.27 bits per heavy atom. The second-order valence-electron chi connectivity index (χ2n) is 2.88. The molecule has 0 bridgehead atoms. The molecule has 0 unspecified atom stereocenters. The topological polar surface area (TPSA) is 71.4 Å². The summed E-state index contributed by atoms with van der Waals surface area (Å²) in [6.45, 7) is 1.28. The monoisotopic (exact) mass is 270 g/mol. The Morgan fingerprint density at radius 2 is 1.80 bits per heavy atom. The summed E-state index contributed by atoms with van der Waals surface area (Å²) in [7, 11) is 0. The Kier molecular flexibility index (Phi) is 3.36. The smallest absolute Gasteiger partial charge is 0.377 e. The SMILES string of the molecule is CC(=O)c1cc(Br)ccc1C(=O)C(=O)O. The number of ketones is 2. The highest BCUT2D eigenvalue weighted by Crippen LogP contribution is 2.17. The number of carboxylic acids is 1. The molecule has 0 radical (unpaired) electrons. The molecule has 0 saturated heterocycles. The van der Waals surface area contributed by atoms with E-state index >= 15 is 0 Å². The number of Topliss-reactive ketones (excluding diaryl/α,β-unsaturated/α-hetero) is 2. The molecule has 1 rings (SSSR count). The zero-order chi connectivity index (χ0) is 11.6. The van der Waals surface area contributed by atoms with Crippen molar-refractivity contribution in [2.75, 3.05) is 0 Å². The van der Waals surface area contributed by atoms with Crippen molar-refractivity contribution in [2.45, 2.75) is 6.92 Å².